The highest BCUT2D eigenvalue weighted by molar-refractivity contribution is 5.97. The zero-order valence-corrected chi connectivity index (χ0v) is 12.7. The molecule has 0 fully saturated rings. The van der Waals surface area contributed by atoms with Crippen LogP contribution in [0.25, 0.3) is 5.69 Å². The van der Waals surface area contributed by atoms with E-state index >= 15 is 0 Å². The topological polar surface area (TPSA) is 76.0 Å². The predicted molar refractivity (Wildman–Crippen MR) is 83.8 cm³/mol. The number of aromatic nitrogens is 2. The summed E-state index contributed by atoms with van der Waals surface area (Å²) < 4.78 is 1.71. The van der Waals surface area contributed by atoms with Crippen molar-refractivity contribution >= 4 is 11.8 Å². The molecule has 0 spiro atoms. The lowest BCUT2D eigenvalue weighted by Gasteiger charge is -2.14. The van der Waals surface area contributed by atoms with E-state index in [0.29, 0.717) is 12.1 Å². The highest BCUT2D eigenvalue weighted by Crippen LogP contribution is 2.08. The van der Waals surface area contributed by atoms with E-state index in [4.69, 9.17) is 0 Å². The molecule has 0 saturated carbocycles. The van der Waals surface area contributed by atoms with Gasteiger partial charge >= 0.3 is 0 Å². The van der Waals surface area contributed by atoms with Crippen LogP contribution < -0.4 is 10.6 Å². The number of rotatable bonds is 6. The van der Waals surface area contributed by atoms with Gasteiger partial charge in [0.15, 0.2) is 0 Å². The molecule has 2 N–H and O–H groups in total. The third-order valence-corrected chi connectivity index (χ3v) is 3.19. The van der Waals surface area contributed by atoms with Crippen LogP contribution in [0.3, 0.4) is 0 Å². The second kappa shape index (κ2) is 7.40. The smallest absolute Gasteiger partial charge is 0.251 e. The van der Waals surface area contributed by atoms with Crippen molar-refractivity contribution in [2.24, 2.45) is 0 Å². The van der Waals surface area contributed by atoms with Crippen molar-refractivity contribution in [3.8, 4) is 5.69 Å². The minimum Gasteiger partial charge on any atom is -0.354 e. The van der Waals surface area contributed by atoms with Crippen LogP contribution >= 0.6 is 0 Å². The molecule has 22 heavy (non-hydrogen) atoms. The molecule has 0 aliphatic carbocycles. The molecule has 2 aromatic rings. The van der Waals surface area contributed by atoms with E-state index in [2.05, 4.69) is 15.7 Å². The number of benzene rings is 1. The molecule has 6 nitrogen and oxygen atoms in total. The highest BCUT2D eigenvalue weighted by Gasteiger charge is 2.15. The fourth-order valence-electron chi connectivity index (χ4n) is 1.93. The average molecular weight is 300 g/mol. The maximum absolute atomic E-state index is 12.1. The first-order chi connectivity index (χ1) is 10.6. The van der Waals surface area contributed by atoms with Crippen molar-refractivity contribution < 1.29 is 9.59 Å². The van der Waals surface area contributed by atoms with Gasteiger partial charge in [-0.25, -0.2) is 4.68 Å². The van der Waals surface area contributed by atoms with Gasteiger partial charge in [-0.15, -0.1) is 0 Å². The number of carbonyl (C=O) groups is 2. The number of nitrogens with one attached hydrogen (secondary N) is 2. The Bertz CT molecular complexity index is 620. The van der Waals surface area contributed by atoms with E-state index in [9.17, 15) is 9.59 Å². The molecule has 2 rings (SSSR count). The monoisotopic (exact) mass is 300 g/mol. The minimum absolute atomic E-state index is 0.177. The van der Waals surface area contributed by atoms with E-state index in [1.807, 2.05) is 31.3 Å². The van der Waals surface area contributed by atoms with Gasteiger partial charge in [-0.3, -0.25) is 9.59 Å². The summed E-state index contributed by atoms with van der Waals surface area (Å²) in [5.41, 5.74) is 1.38. The van der Waals surface area contributed by atoms with Gasteiger partial charge in [0.2, 0.25) is 5.91 Å². The predicted octanol–water partition coefficient (Wildman–Crippen LogP) is 1.52. The Morgan fingerprint density at radius 1 is 1.27 bits per heavy atom. The van der Waals surface area contributed by atoms with Crippen LogP contribution in [0.2, 0.25) is 0 Å². The Morgan fingerprint density at radius 2 is 2.00 bits per heavy atom. The first-order valence-corrected chi connectivity index (χ1v) is 7.30. The maximum atomic E-state index is 12.1. The normalized spacial score (nSPS) is 11.7. The molecular weight excluding hydrogens is 280 g/mol. The van der Waals surface area contributed by atoms with E-state index in [1.165, 1.54) is 0 Å². The lowest BCUT2D eigenvalue weighted by atomic mass is 10.2. The summed E-state index contributed by atoms with van der Waals surface area (Å²) in [6.45, 7) is 4.25. The quantitative estimate of drug-likeness (QED) is 0.849. The van der Waals surface area contributed by atoms with Crippen molar-refractivity contribution in [3.05, 3.63) is 48.3 Å². The summed E-state index contributed by atoms with van der Waals surface area (Å²) >= 11 is 0. The van der Waals surface area contributed by atoms with Crippen LogP contribution in [0.4, 0.5) is 0 Å². The summed E-state index contributed by atoms with van der Waals surface area (Å²) in [6, 6.07) is 8.31. The minimum atomic E-state index is -0.565. The molecule has 0 aliphatic heterocycles. The van der Waals surface area contributed by atoms with Crippen LogP contribution in [0.5, 0.6) is 0 Å². The Morgan fingerprint density at radius 3 is 2.59 bits per heavy atom. The third kappa shape index (κ3) is 3.94. The molecule has 1 atom stereocenters. The van der Waals surface area contributed by atoms with E-state index in [0.717, 1.165) is 12.1 Å². The molecule has 0 saturated heterocycles. The van der Waals surface area contributed by atoms with Crippen LogP contribution in [-0.2, 0) is 4.79 Å². The second-order valence-corrected chi connectivity index (χ2v) is 4.98. The molecule has 0 unspecified atom stereocenters. The average Bonchev–Trinajstić information content (AvgIpc) is 3.07. The highest BCUT2D eigenvalue weighted by atomic mass is 16.2. The molecular formula is C16H20N4O2. The Kier molecular flexibility index (Phi) is 5.30. The summed E-state index contributed by atoms with van der Waals surface area (Å²) in [6.07, 6.45) is 4.38. The van der Waals surface area contributed by atoms with E-state index in [-0.39, 0.29) is 11.8 Å². The number of hydrogen-bond acceptors (Lipinski definition) is 3. The van der Waals surface area contributed by atoms with E-state index < -0.39 is 6.04 Å². The first kappa shape index (κ1) is 15.8. The van der Waals surface area contributed by atoms with Crippen LogP contribution in [0.1, 0.15) is 30.6 Å². The standard InChI is InChI=1S/C16H20N4O2/c1-3-9-17-15(21)12(2)19-16(22)13-5-7-14(8-6-13)20-11-4-10-18-20/h4-8,10-12H,3,9H2,1-2H3,(H,17,21)(H,19,22)/t12-/m0/s1. The fourth-order valence-corrected chi connectivity index (χ4v) is 1.93. The largest absolute Gasteiger partial charge is 0.354 e. The van der Waals surface area contributed by atoms with Gasteiger partial charge < -0.3 is 10.6 Å². The molecule has 0 radical (unpaired) electrons. The van der Waals surface area contributed by atoms with Crippen LogP contribution in [0, 0.1) is 0 Å². The molecule has 6 heteroatoms. The van der Waals surface area contributed by atoms with Gasteiger partial charge in [0.1, 0.15) is 6.04 Å². The molecule has 2 amide bonds. The molecule has 1 heterocycles. The van der Waals surface area contributed by atoms with Crippen molar-refractivity contribution in [2.45, 2.75) is 26.3 Å². The fraction of sp³-hybridized carbons (Fsp3) is 0.312. The van der Waals surface area contributed by atoms with Crippen molar-refractivity contribution in [1.82, 2.24) is 20.4 Å². The van der Waals surface area contributed by atoms with Gasteiger partial charge in [0.25, 0.3) is 5.91 Å². The SMILES string of the molecule is CCCNC(=O)[C@H](C)NC(=O)c1ccc(-n2cccn2)cc1. The zero-order chi connectivity index (χ0) is 15.9. The number of amides is 2. The Balaban J connectivity index is 1.96. The zero-order valence-electron chi connectivity index (χ0n) is 12.7. The molecule has 0 aliphatic rings. The molecule has 1 aromatic heterocycles. The Labute approximate surface area is 129 Å². The van der Waals surface area contributed by atoms with Crippen LogP contribution in [-0.4, -0.2) is 34.2 Å². The molecule has 116 valence electrons. The van der Waals surface area contributed by atoms with Crippen molar-refractivity contribution in [2.75, 3.05) is 6.54 Å². The first-order valence-electron chi connectivity index (χ1n) is 7.30. The van der Waals surface area contributed by atoms with Gasteiger partial charge in [-0.2, -0.15) is 5.10 Å². The van der Waals surface area contributed by atoms with Crippen molar-refractivity contribution in [3.63, 3.8) is 0 Å². The second-order valence-electron chi connectivity index (χ2n) is 4.98. The summed E-state index contributed by atoms with van der Waals surface area (Å²) in [7, 11) is 0. The summed E-state index contributed by atoms with van der Waals surface area (Å²) in [5.74, 6) is -0.450. The number of hydrogen-bond donors (Lipinski definition) is 2. The van der Waals surface area contributed by atoms with Gasteiger partial charge in [0, 0.05) is 24.5 Å². The van der Waals surface area contributed by atoms with E-state index in [1.54, 1.807) is 29.9 Å². The number of carbonyl (C=O) groups excluding carboxylic acids is 2. The van der Waals surface area contributed by atoms with Crippen molar-refractivity contribution in [1.29, 1.82) is 0 Å². The molecule has 1 aromatic carbocycles. The van der Waals surface area contributed by atoms with Gasteiger partial charge in [-0.1, -0.05) is 6.92 Å². The van der Waals surface area contributed by atoms with Gasteiger partial charge in [0.05, 0.1) is 5.69 Å². The third-order valence-electron chi connectivity index (χ3n) is 3.19. The summed E-state index contributed by atoms with van der Waals surface area (Å²) in [5, 5.41) is 9.56. The lowest BCUT2D eigenvalue weighted by molar-refractivity contribution is -0.122. The molecule has 0 bridgehead atoms. The Hall–Kier alpha value is -2.63. The maximum Gasteiger partial charge on any atom is 0.251 e. The van der Waals surface area contributed by atoms with Crippen LogP contribution in [0.15, 0.2) is 42.7 Å². The number of nitrogens with zero attached hydrogens (tertiary/aromatic N) is 2. The lowest BCUT2D eigenvalue weighted by Crippen LogP contribution is -2.45. The summed E-state index contributed by atoms with van der Waals surface area (Å²) in [4.78, 5) is 23.9. The van der Waals surface area contributed by atoms with Gasteiger partial charge in [-0.05, 0) is 43.7 Å².